The lowest BCUT2D eigenvalue weighted by Crippen LogP contribution is -2.41. The first-order chi connectivity index (χ1) is 12.1. The second-order valence-corrected chi connectivity index (χ2v) is 7.22. The van der Waals surface area contributed by atoms with E-state index >= 15 is 0 Å². The van der Waals surface area contributed by atoms with Crippen LogP contribution in [0.4, 0.5) is 5.69 Å². The lowest BCUT2D eigenvalue weighted by atomic mass is 9.96. The lowest BCUT2D eigenvalue weighted by Gasteiger charge is -2.23. The van der Waals surface area contributed by atoms with Gasteiger partial charge in [0.2, 0.25) is 5.91 Å². The summed E-state index contributed by atoms with van der Waals surface area (Å²) in [5.74, 6) is 0.197. The van der Waals surface area contributed by atoms with E-state index in [2.05, 4.69) is 15.8 Å². The number of amides is 1. The minimum atomic E-state index is 0.197. The summed E-state index contributed by atoms with van der Waals surface area (Å²) < 4.78 is 0. The van der Waals surface area contributed by atoms with E-state index in [1.807, 2.05) is 36.1 Å². The Bertz CT molecular complexity index is 667. The van der Waals surface area contributed by atoms with Crippen LogP contribution in [-0.4, -0.2) is 29.3 Å². The normalized spacial score (nSPS) is 19.2. The maximum atomic E-state index is 11.9. The average molecular weight is 359 g/mol. The van der Waals surface area contributed by atoms with Crippen molar-refractivity contribution in [2.75, 3.05) is 11.4 Å². The van der Waals surface area contributed by atoms with Crippen molar-refractivity contribution in [3.05, 3.63) is 29.8 Å². The Morgan fingerprint density at radius 3 is 2.76 bits per heavy atom. The van der Waals surface area contributed by atoms with Gasteiger partial charge in [-0.3, -0.25) is 10.2 Å². The molecular formula is C19H26N4OS. The molecule has 1 amide bonds. The van der Waals surface area contributed by atoms with Gasteiger partial charge in [0.25, 0.3) is 0 Å². The SMILES string of the molecule is C/C(=N/NC(=S)NC1CCCCC1)c1cccc(N2CCCC2=O)c1. The highest BCUT2D eigenvalue weighted by atomic mass is 32.1. The molecule has 1 saturated carbocycles. The summed E-state index contributed by atoms with van der Waals surface area (Å²) in [5, 5.41) is 8.33. The van der Waals surface area contributed by atoms with E-state index < -0.39 is 0 Å². The van der Waals surface area contributed by atoms with E-state index in [4.69, 9.17) is 12.2 Å². The van der Waals surface area contributed by atoms with Crippen LogP contribution in [0.15, 0.2) is 29.4 Å². The number of thiocarbonyl (C=S) groups is 1. The zero-order valence-corrected chi connectivity index (χ0v) is 15.6. The van der Waals surface area contributed by atoms with E-state index in [0.717, 1.165) is 29.9 Å². The largest absolute Gasteiger partial charge is 0.359 e. The van der Waals surface area contributed by atoms with Crippen LogP contribution in [0.5, 0.6) is 0 Å². The van der Waals surface area contributed by atoms with E-state index in [1.54, 1.807) is 0 Å². The van der Waals surface area contributed by atoms with Gasteiger partial charge in [0, 0.05) is 24.7 Å². The molecule has 0 aromatic heterocycles. The highest BCUT2D eigenvalue weighted by Crippen LogP contribution is 2.22. The first-order valence-corrected chi connectivity index (χ1v) is 9.56. The maximum Gasteiger partial charge on any atom is 0.227 e. The molecule has 1 saturated heterocycles. The minimum Gasteiger partial charge on any atom is -0.359 e. The number of anilines is 1. The van der Waals surface area contributed by atoms with Gasteiger partial charge >= 0.3 is 0 Å². The number of carbonyl (C=O) groups is 1. The summed E-state index contributed by atoms with van der Waals surface area (Å²) in [7, 11) is 0. The van der Waals surface area contributed by atoms with Gasteiger partial charge in [-0.05, 0) is 56.1 Å². The predicted octanol–water partition coefficient (Wildman–Crippen LogP) is 3.33. The Balaban J connectivity index is 1.59. The molecule has 0 spiro atoms. The molecule has 1 aromatic carbocycles. The molecule has 3 rings (SSSR count). The summed E-state index contributed by atoms with van der Waals surface area (Å²) in [6.45, 7) is 2.74. The van der Waals surface area contributed by atoms with Crippen LogP contribution >= 0.6 is 12.2 Å². The second-order valence-electron chi connectivity index (χ2n) is 6.82. The molecule has 0 unspecified atom stereocenters. The van der Waals surface area contributed by atoms with Crippen molar-refractivity contribution >= 4 is 34.6 Å². The van der Waals surface area contributed by atoms with E-state index in [1.165, 1.54) is 32.1 Å². The van der Waals surface area contributed by atoms with Crippen LogP contribution in [-0.2, 0) is 4.79 Å². The lowest BCUT2D eigenvalue weighted by molar-refractivity contribution is -0.117. The number of hydrazone groups is 1. The molecule has 25 heavy (non-hydrogen) atoms. The molecule has 2 N–H and O–H groups in total. The summed E-state index contributed by atoms with van der Waals surface area (Å²) in [6.07, 6.45) is 7.78. The Kier molecular flexibility index (Phi) is 6.02. The first-order valence-electron chi connectivity index (χ1n) is 9.15. The zero-order valence-electron chi connectivity index (χ0n) is 14.8. The van der Waals surface area contributed by atoms with Gasteiger partial charge in [-0.15, -0.1) is 0 Å². The summed E-state index contributed by atoms with van der Waals surface area (Å²) in [4.78, 5) is 13.8. The number of nitrogens with zero attached hydrogens (tertiary/aromatic N) is 2. The van der Waals surface area contributed by atoms with Crippen molar-refractivity contribution in [1.82, 2.24) is 10.7 Å². The number of nitrogens with one attached hydrogen (secondary N) is 2. The van der Waals surface area contributed by atoms with Crippen LogP contribution < -0.4 is 15.6 Å². The van der Waals surface area contributed by atoms with E-state index in [-0.39, 0.29) is 5.91 Å². The Labute approximate surface area is 154 Å². The molecule has 1 aliphatic carbocycles. The van der Waals surface area contributed by atoms with Crippen LogP contribution in [0.2, 0.25) is 0 Å². The second kappa shape index (κ2) is 8.43. The van der Waals surface area contributed by atoms with Gasteiger partial charge in [-0.25, -0.2) is 0 Å². The predicted molar refractivity (Wildman–Crippen MR) is 106 cm³/mol. The summed E-state index contributed by atoms with van der Waals surface area (Å²) in [5.41, 5.74) is 5.74. The van der Waals surface area contributed by atoms with Crippen molar-refractivity contribution in [2.24, 2.45) is 5.10 Å². The molecule has 0 atom stereocenters. The fourth-order valence-electron chi connectivity index (χ4n) is 3.48. The fraction of sp³-hybridized carbons (Fsp3) is 0.526. The zero-order chi connectivity index (χ0) is 17.6. The molecule has 2 fully saturated rings. The molecular weight excluding hydrogens is 332 g/mol. The molecule has 6 heteroatoms. The highest BCUT2D eigenvalue weighted by molar-refractivity contribution is 7.80. The molecule has 1 aliphatic heterocycles. The smallest absolute Gasteiger partial charge is 0.227 e. The number of rotatable bonds is 4. The van der Waals surface area contributed by atoms with Crippen molar-refractivity contribution in [1.29, 1.82) is 0 Å². The van der Waals surface area contributed by atoms with Crippen molar-refractivity contribution < 1.29 is 4.79 Å². The summed E-state index contributed by atoms with van der Waals surface area (Å²) >= 11 is 5.35. The molecule has 0 radical (unpaired) electrons. The fourth-order valence-corrected chi connectivity index (χ4v) is 3.70. The first kappa shape index (κ1) is 17.9. The van der Waals surface area contributed by atoms with Crippen molar-refractivity contribution in [3.63, 3.8) is 0 Å². The standard InChI is InChI=1S/C19H26N4OS/c1-14(21-22-19(25)20-16-8-3-2-4-9-16)15-7-5-10-17(13-15)23-12-6-11-18(23)24/h5,7,10,13,16H,2-4,6,8-9,11-12H2,1H3,(H2,20,22,25)/b21-14-. The molecule has 1 aromatic rings. The topological polar surface area (TPSA) is 56.7 Å². The third-order valence-corrected chi connectivity index (χ3v) is 5.12. The van der Waals surface area contributed by atoms with E-state index in [0.29, 0.717) is 17.6 Å². The quantitative estimate of drug-likeness (QED) is 0.492. The van der Waals surface area contributed by atoms with Gasteiger partial charge in [0.1, 0.15) is 0 Å². The highest BCUT2D eigenvalue weighted by Gasteiger charge is 2.21. The van der Waals surface area contributed by atoms with Crippen molar-refractivity contribution in [2.45, 2.75) is 57.9 Å². The molecule has 5 nitrogen and oxygen atoms in total. The van der Waals surface area contributed by atoms with Crippen LogP contribution in [0.3, 0.4) is 0 Å². The van der Waals surface area contributed by atoms with Gasteiger partial charge in [0.05, 0.1) is 5.71 Å². The van der Waals surface area contributed by atoms with Crippen molar-refractivity contribution in [3.8, 4) is 0 Å². The number of hydrogen-bond donors (Lipinski definition) is 2. The Morgan fingerprint density at radius 1 is 1.24 bits per heavy atom. The van der Waals surface area contributed by atoms with Gasteiger partial charge in [-0.1, -0.05) is 31.4 Å². The molecule has 2 aliphatic rings. The Morgan fingerprint density at radius 2 is 2.04 bits per heavy atom. The summed E-state index contributed by atoms with van der Waals surface area (Å²) in [6, 6.07) is 8.42. The number of benzene rings is 1. The monoisotopic (exact) mass is 358 g/mol. The van der Waals surface area contributed by atoms with Gasteiger partial charge < -0.3 is 10.2 Å². The number of hydrogen-bond acceptors (Lipinski definition) is 3. The Hall–Kier alpha value is -1.95. The van der Waals surface area contributed by atoms with Gasteiger partial charge in [-0.2, -0.15) is 5.10 Å². The maximum absolute atomic E-state index is 11.9. The third-order valence-electron chi connectivity index (χ3n) is 4.91. The minimum absolute atomic E-state index is 0.197. The molecule has 134 valence electrons. The molecule has 1 heterocycles. The molecule has 0 bridgehead atoms. The van der Waals surface area contributed by atoms with Crippen LogP contribution in [0.1, 0.15) is 57.4 Å². The van der Waals surface area contributed by atoms with Crippen LogP contribution in [0.25, 0.3) is 0 Å². The van der Waals surface area contributed by atoms with E-state index in [9.17, 15) is 4.79 Å². The van der Waals surface area contributed by atoms with Gasteiger partial charge in [0.15, 0.2) is 5.11 Å². The average Bonchev–Trinajstić information content (AvgIpc) is 3.06. The van der Waals surface area contributed by atoms with Crippen LogP contribution in [0, 0.1) is 0 Å². The number of carbonyl (C=O) groups excluding carboxylic acids is 1. The third kappa shape index (κ3) is 4.78.